The molecule has 0 atom stereocenters. The summed E-state index contributed by atoms with van der Waals surface area (Å²) < 4.78 is 1.69. The number of hydrogen-bond donors (Lipinski definition) is 0. The highest BCUT2D eigenvalue weighted by atomic mass is 16.1. The van der Waals surface area contributed by atoms with Gasteiger partial charge in [0, 0.05) is 12.1 Å². The van der Waals surface area contributed by atoms with Gasteiger partial charge in [-0.15, -0.1) is 5.10 Å². The fraction of sp³-hybridized carbons (Fsp3) is 0.308. The van der Waals surface area contributed by atoms with Crippen molar-refractivity contribution in [3.05, 3.63) is 41.7 Å². The third-order valence-electron chi connectivity index (χ3n) is 2.54. The zero-order valence-electron chi connectivity index (χ0n) is 10.8. The summed E-state index contributed by atoms with van der Waals surface area (Å²) in [5.74, 6) is 0.0467. The molecule has 0 radical (unpaired) electrons. The number of Topliss-reactive ketones (excluding diaryl/α,β-unsaturated/α-hetero) is 1. The summed E-state index contributed by atoms with van der Waals surface area (Å²) in [6.45, 7) is 2.30. The van der Waals surface area contributed by atoms with Crippen LogP contribution in [0.25, 0.3) is 5.69 Å². The van der Waals surface area contributed by atoms with E-state index in [4.69, 9.17) is 0 Å². The van der Waals surface area contributed by atoms with Crippen molar-refractivity contribution in [1.29, 1.82) is 0 Å². The molecule has 2 aromatic rings. The molecule has 5 nitrogen and oxygen atoms in total. The van der Waals surface area contributed by atoms with Crippen molar-refractivity contribution >= 4 is 5.78 Å². The smallest absolute Gasteiger partial charge is 0.159 e. The van der Waals surface area contributed by atoms with Crippen molar-refractivity contribution in [2.24, 2.45) is 0 Å². The van der Waals surface area contributed by atoms with Gasteiger partial charge in [0.25, 0.3) is 0 Å². The van der Waals surface area contributed by atoms with E-state index in [1.54, 1.807) is 17.7 Å². The number of carbonyl (C=O) groups is 1. The number of ketones is 1. The average Bonchev–Trinajstić information content (AvgIpc) is 2.77. The molecule has 18 heavy (non-hydrogen) atoms. The second-order valence-electron chi connectivity index (χ2n) is 4.50. The summed E-state index contributed by atoms with van der Waals surface area (Å²) in [5, 5.41) is 8.16. The predicted octanol–water partition coefficient (Wildman–Crippen LogP) is 1.53. The molecule has 0 bridgehead atoms. The normalized spacial score (nSPS) is 10.9. The third-order valence-corrected chi connectivity index (χ3v) is 2.54. The molecule has 0 aliphatic heterocycles. The molecule has 0 aliphatic carbocycles. The maximum atomic E-state index is 11.3. The van der Waals surface area contributed by atoms with E-state index in [-0.39, 0.29) is 5.78 Å². The van der Waals surface area contributed by atoms with E-state index in [1.165, 1.54) is 0 Å². The van der Waals surface area contributed by atoms with Gasteiger partial charge in [-0.3, -0.25) is 4.79 Å². The van der Waals surface area contributed by atoms with Gasteiger partial charge in [-0.2, -0.15) is 0 Å². The minimum absolute atomic E-state index is 0.0467. The maximum absolute atomic E-state index is 11.3. The lowest BCUT2D eigenvalue weighted by Gasteiger charge is -2.05. The van der Waals surface area contributed by atoms with Gasteiger partial charge in [0.05, 0.1) is 17.6 Å². The third kappa shape index (κ3) is 2.81. The molecule has 0 fully saturated rings. The monoisotopic (exact) mass is 244 g/mol. The quantitative estimate of drug-likeness (QED) is 0.765. The fourth-order valence-corrected chi connectivity index (χ4v) is 1.69. The van der Waals surface area contributed by atoms with Crippen molar-refractivity contribution in [2.75, 3.05) is 14.1 Å². The van der Waals surface area contributed by atoms with E-state index >= 15 is 0 Å². The standard InChI is InChI=1S/C13H16N4O/c1-10(18)11-5-4-6-13(7-11)17-9-12(14-15-17)8-16(2)3/h4-7,9H,8H2,1-3H3. The van der Waals surface area contributed by atoms with Crippen LogP contribution in [0.1, 0.15) is 23.0 Å². The van der Waals surface area contributed by atoms with Crippen LogP contribution >= 0.6 is 0 Å². The van der Waals surface area contributed by atoms with Crippen LogP contribution in [0.2, 0.25) is 0 Å². The lowest BCUT2D eigenvalue weighted by atomic mass is 10.1. The van der Waals surface area contributed by atoms with Gasteiger partial charge in [0.1, 0.15) is 0 Å². The summed E-state index contributed by atoms with van der Waals surface area (Å²) in [6, 6.07) is 7.36. The first-order valence-electron chi connectivity index (χ1n) is 5.73. The lowest BCUT2D eigenvalue weighted by Crippen LogP contribution is -2.10. The second-order valence-corrected chi connectivity index (χ2v) is 4.50. The highest BCUT2D eigenvalue weighted by Crippen LogP contribution is 2.11. The average molecular weight is 244 g/mol. The van der Waals surface area contributed by atoms with Crippen molar-refractivity contribution in [1.82, 2.24) is 19.9 Å². The summed E-state index contributed by atoms with van der Waals surface area (Å²) >= 11 is 0. The Morgan fingerprint density at radius 2 is 2.17 bits per heavy atom. The van der Waals surface area contributed by atoms with Gasteiger partial charge in [-0.1, -0.05) is 17.3 Å². The van der Waals surface area contributed by atoms with E-state index in [0.717, 1.165) is 17.9 Å². The number of benzene rings is 1. The van der Waals surface area contributed by atoms with Crippen molar-refractivity contribution < 1.29 is 4.79 Å². The van der Waals surface area contributed by atoms with Crippen LogP contribution in [-0.2, 0) is 6.54 Å². The molecule has 0 unspecified atom stereocenters. The number of rotatable bonds is 4. The zero-order valence-corrected chi connectivity index (χ0v) is 10.8. The Bertz CT molecular complexity index is 560. The van der Waals surface area contributed by atoms with E-state index < -0.39 is 0 Å². The molecule has 1 aromatic heterocycles. The Hall–Kier alpha value is -2.01. The minimum Gasteiger partial charge on any atom is -0.303 e. The highest BCUT2D eigenvalue weighted by molar-refractivity contribution is 5.94. The van der Waals surface area contributed by atoms with Crippen LogP contribution < -0.4 is 0 Å². The van der Waals surface area contributed by atoms with Crippen LogP contribution in [-0.4, -0.2) is 39.8 Å². The minimum atomic E-state index is 0.0467. The number of hydrogen-bond acceptors (Lipinski definition) is 4. The van der Waals surface area contributed by atoms with Gasteiger partial charge < -0.3 is 4.90 Å². The predicted molar refractivity (Wildman–Crippen MR) is 68.8 cm³/mol. The molecule has 0 N–H and O–H groups in total. The molecular formula is C13H16N4O. The largest absolute Gasteiger partial charge is 0.303 e. The Kier molecular flexibility index (Phi) is 3.53. The number of nitrogens with zero attached hydrogens (tertiary/aromatic N) is 4. The van der Waals surface area contributed by atoms with E-state index in [0.29, 0.717) is 5.56 Å². The molecule has 0 amide bonds. The zero-order chi connectivity index (χ0) is 13.1. The highest BCUT2D eigenvalue weighted by Gasteiger charge is 2.06. The molecule has 0 saturated carbocycles. The van der Waals surface area contributed by atoms with Crippen molar-refractivity contribution in [3.63, 3.8) is 0 Å². The van der Waals surface area contributed by atoms with E-state index in [2.05, 4.69) is 10.3 Å². The Balaban J connectivity index is 2.28. The SMILES string of the molecule is CC(=O)c1cccc(-n2cc(CN(C)C)nn2)c1. The lowest BCUT2D eigenvalue weighted by molar-refractivity contribution is 0.101. The second kappa shape index (κ2) is 5.10. The Labute approximate surface area is 106 Å². The van der Waals surface area contributed by atoms with Gasteiger partial charge in [-0.05, 0) is 33.2 Å². The molecule has 5 heteroatoms. The summed E-state index contributed by atoms with van der Waals surface area (Å²) in [7, 11) is 3.96. The summed E-state index contributed by atoms with van der Waals surface area (Å²) in [6.07, 6.45) is 1.87. The van der Waals surface area contributed by atoms with E-state index in [1.807, 2.05) is 43.4 Å². The number of aromatic nitrogens is 3. The van der Waals surface area contributed by atoms with E-state index in [9.17, 15) is 4.79 Å². The molecule has 0 spiro atoms. The van der Waals surface area contributed by atoms with Crippen molar-refractivity contribution in [3.8, 4) is 5.69 Å². The first-order valence-corrected chi connectivity index (χ1v) is 5.73. The van der Waals surface area contributed by atoms with Gasteiger partial charge >= 0.3 is 0 Å². The summed E-state index contributed by atoms with van der Waals surface area (Å²) in [5.41, 5.74) is 2.42. The molecule has 1 heterocycles. The van der Waals surface area contributed by atoms with Crippen LogP contribution in [0.15, 0.2) is 30.5 Å². The first kappa shape index (κ1) is 12.4. The van der Waals surface area contributed by atoms with Gasteiger partial charge in [-0.25, -0.2) is 4.68 Å². The fourth-order valence-electron chi connectivity index (χ4n) is 1.69. The molecule has 94 valence electrons. The maximum Gasteiger partial charge on any atom is 0.159 e. The Morgan fingerprint density at radius 1 is 1.39 bits per heavy atom. The summed E-state index contributed by atoms with van der Waals surface area (Å²) in [4.78, 5) is 13.4. The van der Waals surface area contributed by atoms with Gasteiger partial charge in [0.2, 0.25) is 0 Å². The molecule has 2 rings (SSSR count). The Morgan fingerprint density at radius 3 is 2.83 bits per heavy atom. The van der Waals surface area contributed by atoms with Crippen LogP contribution in [0.5, 0.6) is 0 Å². The molecular weight excluding hydrogens is 228 g/mol. The molecule has 1 aromatic carbocycles. The number of carbonyl (C=O) groups excluding carboxylic acids is 1. The molecule has 0 saturated heterocycles. The van der Waals surface area contributed by atoms with Crippen LogP contribution in [0, 0.1) is 0 Å². The van der Waals surface area contributed by atoms with Crippen LogP contribution in [0.3, 0.4) is 0 Å². The topological polar surface area (TPSA) is 51.0 Å². The van der Waals surface area contributed by atoms with Gasteiger partial charge in [0.15, 0.2) is 5.78 Å². The van der Waals surface area contributed by atoms with Crippen LogP contribution in [0.4, 0.5) is 0 Å². The molecule has 0 aliphatic rings. The van der Waals surface area contributed by atoms with Crippen molar-refractivity contribution in [2.45, 2.75) is 13.5 Å². The first-order chi connectivity index (χ1) is 8.56.